The fourth-order valence-electron chi connectivity index (χ4n) is 4.15. The molecular weight excluding hydrogens is 464 g/mol. The predicted molar refractivity (Wildman–Crippen MR) is 101 cm³/mol. The zero-order chi connectivity index (χ0) is 17.8. The van der Waals surface area contributed by atoms with Crippen LogP contribution in [0.2, 0.25) is 0 Å². The minimum absolute atomic E-state index is 0.0779. The molecule has 2 fully saturated rings. The first kappa shape index (κ1) is 17.7. The number of halogens is 4. The minimum Gasteiger partial charge on any atom is -0.364 e. The van der Waals surface area contributed by atoms with Crippen molar-refractivity contribution < 1.29 is 13.2 Å². The van der Waals surface area contributed by atoms with Crippen LogP contribution in [0.15, 0.2) is 23.5 Å². The molecule has 4 nitrogen and oxygen atoms in total. The van der Waals surface area contributed by atoms with Crippen molar-refractivity contribution in [1.82, 2.24) is 14.3 Å². The van der Waals surface area contributed by atoms with Crippen molar-refractivity contribution in [3.8, 4) is 0 Å². The standard InChI is InChI=1S/C16H18F3IN4S/c1-23-9-2-4-11(12(23)5-3-9)22-14-13-8-10(20)15(25-16(17,18)19)24(13)7-6-21-14/h6-9,11-12H,2-5H2,1H3,(H,21,22)/t9-,11-,12-/m1/s1. The molecule has 0 spiro atoms. The van der Waals surface area contributed by atoms with Crippen molar-refractivity contribution in [2.75, 3.05) is 12.4 Å². The predicted octanol–water partition coefficient (Wildman–Crippen LogP) is 4.59. The van der Waals surface area contributed by atoms with Gasteiger partial charge in [0.15, 0.2) is 5.82 Å². The summed E-state index contributed by atoms with van der Waals surface area (Å²) >= 11 is 1.88. The molecule has 0 radical (unpaired) electrons. The first-order valence-corrected chi connectivity index (χ1v) is 10.1. The zero-order valence-electron chi connectivity index (χ0n) is 13.6. The van der Waals surface area contributed by atoms with Gasteiger partial charge in [-0.05, 0) is 61.4 Å². The third-order valence-corrected chi connectivity index (χ3v) is 7.34. The van der Waals surface area contributed by atoms with Gasteiger partial charge in [0.25, 0.3) is 0 Å². The van der Waals surface area contributed by atoms with E-state index < -0.39 is 5.51 Å². The highest BCUT2D eigenvalue weighted by Gasteiger charge is 2.40. The van der Waals surface area contributed by atoms with Gasteiger partial charge in [0.1, 0.15) is 5.03 Å². The second kappa shape index (κ2) is 6.49. The first-order valence-electron chi connectivity index (χ1n) is 8.23. The lowest BCUT2D eigenvalue weighted by Gasteiger charge is -2.38. The van der Waals surface area contributed by atoms with Crippen molar-refractivity contribution in [2.24, 2.45) is 0 Å². The molecule has 2 aliphatic rings. The topological polar surface area (TPSA) is 32.6 Å². The Balaban J connectivity index is 1.65. The van der Waals surface area contributed by atoms with Gasteiger partial charge in [-0.25, -0.2) is 4.98 Å². The van der Waals surface area contributed by atoms with Gasteiger partial charge in [-0.15, -0.1) is 0 Å². The maximum atomic E-state index is 12.9. The molecule has 2 bridgehead atoms. The van der Waals surface area contributed by atoms with Crippen LogP contribution in [0.3, 0.4) is 0 Å². The maximum Gasteiger partial charge on any atom is 0.447 e. The Kier molecular flexibility index (Phi) is 4.60. The van der Waals surface area contributed by atoms with E-state index in [1.165, 1.54) is 6.42 Å². The SMILES string of the molecule is CN1[C@H]2CC[C@@H]1[C@H](Nc1nccn3c(SC(F)(F)F)c(I)cc13)CC2. The summed E-state index contributed by atoms with van der Waals surface area (Å²) in [4.78, 5) is 6.85. The smallest absolute Gasteiger partial charge is 0.364 e. The normalized spacial score (nSPS) is 27.2. The third kappa shape index (κ3) is 3.34. The number of fused-ring (bicyclic) bond motifs is 3. The number of anilines is 1. The van der Waals surface area contributed by atoms with Crippen LogP contribution in [0.5, 0.6) is 0 Å². The summed E-state index contributed by atoms with van der Waals surface area (Å²) in [7, 11) is 2.17. The largest absolute Gasteiger partial charge is 0.447 e. The van der Waals surface area contributed by atoms with E-state index in [9.17, 15) is 13.2 Å². The molecule has 9 heteroatoms. The Morgan fingerprint density at radius 1 is 1.28 bits per heavy atom. The monoisotopic (exact) mass is 482 g/mol. The lowest BCUT2D eigenvalue weighted by molar-refractivity contribution is -0.0330. The highest BCUT2D eigenvalue weighted by atomic mass is 127. The first-order chi connectivity index (χ1) is 11.8. The fourth-order valence-corrected chi connectivity index (χ4v) is 5.67. The Hall–Kier alpha value is -0.680. The average molecular weight is 482 g/mol. The Bertz CT molecular complexity index is 794. The van der Waals surface area contributed by atoms with E-state index in [0.29, 0.717) is 27.0 Å². The van der Waals surface area contributed by atoms with E-state index in [2.05, 4.69) is 22.2 Å². The number of nitrogens with one attached hydrogen (secondary N) is 1. The summed E-state index contributed by atoms with van der Waals surface area (Å²) in [6, 6.07) is 3.21. The van der Waals surface area contributed by atoms with Crippen LogP contribution in [-0.2, 0) is 0 Å². The van der Waals surface area contributed by atoms with E-state index in [-0.39, 0.29) is 22.8 Å². The quantitative estimate of drug-likeness (QED) is 0.513. The molecule has 25 heavy (non-hydrogen) atoms. The second-order valence-electron chi connectivity index (χ2n) is 6.67. The van der Waals surface area contributed by atoms with Crippen LogP contribution in [0.4, 0.5) is 19.0 Å². The van der Waals surface area contributed by atoms with Crippen molar-refractivity contribution in [1.29, 1.82) is 0 Å². The Morgan fingerprint density at radius 2 is 2.04 bits per heavy atom. The van der Waals surface area contributed by atoms with Crippen molar-refractivity contribution >= 4 is 45.7 Å². The van der Waals surface area contributed by atoms with E-state index in [1.54, 1.807) is 22.9 Å². The third-order valence-electron chi connectivity index (χ3n) is 5.31. The Morgan fingerprint density at radius 3 is 2.80 bits per heavy atom. The summed E-state index contributed by atoms with van der Waals surface area (Å²) in [5.74, 6) is 0.665. The van der Waals surface area contributed by atoms with Crippen LogP contribution in [-0.4, -0.2) is 45.0 Å². The van der Waals surface area contributed by atoms with Gasteiger partial charge < -0.3 is 9.72 Å². The van der Waals surface area contributed by atoms with Crippen LogP contribution in [0.1, 0.15) is 25.7 Å². The van der Waals surface area contributed by atoms with Gasteiger partial charge >= 0.3 is 5.51 Å². The van der Waals surface area contributed by atoms with Crippen molar-refractivity contribution in [3.63, 3.8) is 0 Å². The van der Waals surface area contributed by atoms with Crippen LogP contribution in [0.25, 0.3) is 5.52 Å². The number of hydrogen-bond donors (Lipinski definition) is 1. The fraction of sp³-hybridized carbons (Fsp3) is 0.562. The summed E-state index contributed by atoms with van der Waals surface area (Å²) in [6.07, 6.45) is 7.78. The molecule has 3 atom stereocenters. The summed E-state index contributed by atoms with van der Waals surface area (Å²) in [6.45, 7) is 0. The number of piperidine rings is 1. The van der Waals surface area contributed by atoms with Crippen LogP contribution < -0.4 is 5.32 Å². The molecular formula is C16H18F3IN4S. The summed E-state index contributed by atoms with van der Waals surface area (Å²) in [5.41, 5.74) is -3.61. The molecule has 2 aromatic rings. The van der Waals surface area contributed by atoms with E-state index in [1.807, 2.05) is 22.6 Å². The number of aromatic nitrogens is 2. The molecule has 2 saturated heterocycles. The average Bonchev–Trinajstić information content (AvgIpc) is 2.95. The molecule has 0 saturated carbocycles. The molecule has 0 aliphatic carbocycles. The molecule has 2 aromatic heterocycles. The van der Waals surface area contributed by atoms with Gasteiger partial charge in [0, 0.05) is 45.9 Å². The van der Waals surface area contributed by atoms with Gasteiger partial charge in [-0.3, -0.25) is 4.90 Å². The number of likely N-dealkylation sites (N-methyl/N-ethyl adjacent to an activating group) is 1. The number of rotatable bonds is 3. The number of nitrogens with zero attached hydrogens (tertiary/aromatic N) is 3. The second-order valence-corrected chi connectivity index (χ2v) is 8.88. The molecule has 0 unspecified atom stereocenters. The summed E-state index contributed by atoms with van der Waals surface area (Å²) < 4.78 is 40.7. The van der Waals surface area contributed by atoms with Crippen LogP contribution in [0, 0.1) is 3.57 Å². The minimum atomic E-state index is -4.31. The van der Waals surface area contributed by atoms with E-state index in [0.717, 1.165) is 19.3 Å². The highest BCUT2D eigenvalue weighted by Crippen LogP contribution is 2.41. The van der Waals surface area contributed by atoms with Gasteiger partial charge in [0.05, 0.1) is 5.52 Å². The van der Waals surface area contributed by atoms with Gasteiger partial charge in [-0.1, -0.05) is 0 Å². The molecule has 4 heterocycles. The lowest BCUT2D eigenvalue weighted by atomic mass is 9.98. The lowest BCUT2D eigenvalue weighted by Crippen LogP contribution is -2.48. The van der Waals surface area contributed by atoms with Crippen LogP contribution >= 0.6 is 34.4 Å². The Labute approximate surface area is 161 Å². The molecule has 2 aliphatic heterocycles. The van der Waals surface area contributed by atoms with Gasteiger partial charge in [0.2, 0.25) is 0 Å². The van der Waals surface area contributed by atoms with Crippen molar-refractivity contribution in [2.45, 2.75) is 54.3 Å². The highest BCUT2D eigenvalue weighted by molar-refractivity contribution is 14.1. The maximum absolute atomic E-state index is 12.9. The number of alkyl halides is 3. The van der Waals surface area contributed by atoms with E-state index in [4.69, 9.17) is 0 Å². The molecule has 0 amide bonds. The number of thioether (sulfide) groups is 1. The summed E-state index contributed by atoms with van der Waals surface area (Å²) in [5, 5.41) is 3.71. The van der Waals surface area contributed by atoms with Crippen molar-refractivity contribution in [3.05, 3.63) is 22.0 Å². The zero-order valence-corrected chi connectivity index (χ0v) is 16.5. The number of hydrogen-bond acceptors (Lipinski definition) is 4. The molecule has 4 rings (SSSR count). The molecule has 1 N–H and O–H groups in total. The molecule has 0 aromatic carbocycles. The van der Waals surface area contributed by atoms with E-state index >= 15 is 0 Å². The molecule has 136 valence electrons. The van der Waals surface area contributed by atoms with Gasteiger partial charge in [-0.2, -0.15) is 13.2 Å².